The van der Waals surface area contributed by atoms with Crippen molar-refractivity contribution in [3.05, 3.63) is 27.3 Å². The second-order valence-corrected chi connectivity index (χ2v) is 4.18. The van der Waals surface area contributed by atoms with Gasteiger partial charge in [-0.2, -0.15) is 0 Å². The van der Waals surface area contributed by atoms with E-state index in [9.17, 15) is 0 Å². The first-order valence-corrected chi connectivity index (χ1v) is 5.14. The summed E-state index contributed by atoms with van der Waals surface area (Å²) in [6, 6.07) is 6.36. The Morgan fingerprint density at radius 3 is 2.77 bits per heavy atom. The standard InChI is InChI=1S/C11H12IN/c1-4-7-13(3)11-6-5-9(2)8-10(11)12/h1,5-6,8H,7H2,2-3H3. The highest BCUT2D eigenvalue weighted by atomic mass is 127. The summed E-state index contributed by atoms with van der Waals surface area (Å²) in [5.41, 5.74) is 2.48. The molecule has 0 heterocycles. The minimum absolute atomic E-state index is 0.652. The number of anilines is 1. The quantitative estimate of drug-likeness (QED) is 0.596. The minimum Gasteiger partial charge on any atom is -0.363 e. The topological polar surface area (TPSA) is 3.24 Å². The molecular weight excluding hydrogens is 273 g/mol. The molecule has 0 amide bonds. The molecule has 1 aromatic rings. The maximum Gasteiger partial charge on any atom is 0.0788 e. The second kappa shape index (κ2) is 4.52. The average molecular weight is 285 g/mol. The number of hydrogen-bond donors (Lipinski definition) is 0. The van der Waals surface area contributed by atoms with E-state index in [1.54, 1.807) is 0 Å². The molecule has 0 aliphatic carbocycles. The summed E-state index contributed by atoms with van der Waals surface area (Å²) in [6.45, 7) is 2.74. The van der Waals surface area contributed by atoms with Gasteiger partial charge in [-0.1, -0.05) is 12.0 Å². The summed E-state index contributed by atoms with van der Waals surface area (Å²) in [4.78, 5) is 2.07. The van der Waals surface area contributed by atoms with E-state index in [0.29, 0.717) is 6.54 Å². The third-order valence-electron chi connectivity index (χ3n) is 1.84. The third kappa shape index (κ3) is 2.63. The van der Waals surface area contributed by atoms with E-state index in [4.69, 9.17) is 6.42 Å². The van der Waals surface area contributed by atoms with Gasteiger partial charge in [-0.25, -0.2) is 0 Å². The van der Waals surface area contributed by atoms with Crippen LogP contribution in [0.2, 0.25) is 0 Å². The SMILES string of the molecule is C#CCN(C)c1ccc(C)cc1I. The summed E-state index contributed by atoms with van der Waals surface area (Å²) < 4.78 is 1.25. The predicted molar refractivity (Wildman–Crippen MR) is 66.0 cm³/mol. The lowest BCUT2D eigenvalue weighted by atomic mass is 10.2. The second-order valence-electron chi connectivity index (χ2n) is 3.02. The molecule has 0 radical (unpaired) electrons. The lowest BCUT2D eigenvalue weighted by Crippen LogP contribution is -2.17. The van der Waals surface area contributed by atoms with Crippen molar-refractivity contribution in [3.8, 4) is 12.3 Å². The van der Waals surface area contributed by atoms with Gasteiger partial charge in [-0.15, -0.1) is 6.42 Å². The first-order valence-electron chi connectivity index (χ1n) is 4.06. The van der Waals surface area contributed by atoms with E-state index in [-0.39, 0.29) is 0 Å². The summed E-state index contributed by atoms with van der Waals surface area (Å²) in [6.07, 6.45) is 5.25. The molecule has 2 heteroatoms. The molecule has 0 unspecified atom stereocenters. The number of terminal acetylenes is 1. The van der Waals surface area contributed by atoms with Crippen LogP contribution in [0.25, 0.3) is 0 Å². The summed E-state index contributed by atoms with van der Waals surface area (Å²) in [5, 5.41) is 0. The van der Waals surface area contributed by atoms with Crippen molar-refractivity contribution in [2.75, 3.05) is 18.5 Å². The van der Waals surface area contributed by atoms with Crippen LogP contribution in [0.3, 0.4) is 0 Å². The highest BCUT2D eigenvalue weighted by Crippen LogP contribution is 2.22. The molecule has 0 aliphatic heterocycles. The van der Waals surface area contributed by atoms with Crippen LogP contribution >= 0.6 is 22.6 Å². The van der Waals surface area contributed by atoms with Crippen LogP contribution in [-0.4, -0.2) is 13.6 Å². The summed E-state index contributed by atoms with van der Waals surface area (Å²) in [7, 11) is 2.01. The Balaban J connectivity index is 2.96. The smallest absolute Gasteiger partial charge is 0.0788 e. The van der Waals surface area contributed by atoms with Crippen molar-refractivity contribution in [1.82, 2.24) is 0 Å². The van der Waals surface area contributed by atoms with Gasteiger partial charge in [0.25, 0.3) is 0 Å². The van der Waals surface area contributed by atoms with Crippen LogP contribution in [0, 0.1) is 22.8 Å². The molecule has 13 heavy (non-hydrogen) atoms. The first-order chi connectivity index (χ1) is 6.15. The van der Waals surface area contributed by atoms with Gasteiger partial charge >= 0.3 is 0 Å². The lowest BCUT2D eigenvalue weighted by Gasteiger charge is -2.17. The van der Waals surface area contributed by atoms with Gasteiger partial charge in [0.2, 0.25) is 0 Å². The zero-order chi connectivity index (χ0) is 9.84. The molecule has 1 aromatic carbocycles. The largest absolute Gasteiger partial charge is 0.363 e. The number of nitrogens with zero attached hydrogens (tertiary/aromatic N) is 1. The van der Waals surface area contributed by atoms with Gasteiger partial charge in [0, 0.05) is 10.6 Å². The van der Waals surface area contributed by atoms with Gasteiger partial charge in [0.05, 0.1) is 12.2 Å². The van der Waals surface area contributed by atoms with Crippen molar-refractivity contribution in [3.63, 3.8) is 0 Å². The van der Waals surface area contributed by atoms with E-state index in [1.165, 1.54) is 14.8 Å². The van der Waals surface area contributed by atoms with Crippen molar-refractivity contribution >= 4 is 28.3 Å². The molecule has 0 spiro atoms. The van der Waals surface area contributed by atoms with Crippen molar-refractivity contribution in [2.24, 2.45) is 0 Å². The number of benzene rings is 1. The number of rotatable bonds is 2. The Kier molecular flexibility index (Phi) is 3.61. The molecule has 0 aliphatic rings. The zero-order valence-electron chi connectivity index (χ0n) is 7.84. The molecule has 0 fully saturated rings. The van der Waals surface area contributed by atoms with E-state index in [1.807, 2.05) is 7.05 Å². The van der Waals surface area contributed by atoms with Gasteiger partial charge in [0.1, 0.15) is 0 Å². The Bertz CT molecular complexity index is 338. The van der Waals surface area contributed by atoms with E-state index < -0.39 is 0 Å². The molecule has 0 bridgehead atoms. The molecule has 0 N–H and O–H groups in total. The fraction of sp³-hybridized carbons (Fsp3) is 0.273. The van der Waals surface area contributed by atoms with Crippen LogP contribution in [-0.2, 0) is 0 Å². The molecule has 0 saturated heterocycles. The molecule has 0 saturated carbocycles. The third-order valence-corrected chi connectivity index (χ3v) is 2.71. The average Bonchev–Trinajstić information content (AvgIpc) is 2.04. The summed E-state index contributed by atoms with van der Waals surface area (Å²) >= 11 is 2.33. The zero-order valence-corrected chi connectivity index (χ0v) is 10.00. The fourth-order valence-electron chi connectivity index (χ4n) is 1.14. The van der Waals surface area contributed by atoms with Crippen LogP contribution in [0.4, 0.5) is 5.69 Å². The van der Waals surface area contributed by atoms with Crippen LogP contribution in [0.5, 0.6) is 0 Å². The van der Waals surface area contributed by atoms with Crippen LogP contribution in [0.1, 0.15) is 5.56 Å². The van der Waals surface area contributed by atoms with E-state index in [0.717, 1.165) is 0 Å². The minimum atomic E-state index is 0.652. The highest BCUT2D eigenvalue weighted by Gasteiger charge is 2.03. The monoisotopic (exact) mass is 285 g/mol. The van der Waals surface area contributed by atoms with Gasteiger partial charge in [-0.3, -0.25) is 0 Å². The molecule has 0 aromatic heterocycles. The highest BCUT2D eigenvalue weighted by molar-refractivity contribution is 14.1. The molecule has 1 nitrogen and oxygen atoms in total. The molecular formula is C11H12IN. The molecule has 0 atom stereocenters. The number of hydrogen-bond acceptors (Lipinski definition) is 1. The molecule has 1 rings (SSSR count). The normalized spacial score (nSPS) is 9.38. The Hall–Kier alpha value is -0.690. The van der Waals surface area contributed by atoms with Crippen molar-refractivity contribution in [2.45, 2.75) is 6.92 Å². The Labute approximate surface area is 93.3 Å². The van der Waals surface area contributed by atoms with Gasteiger partial charge < -0.3 is 4.90 Å². The van der Waals surface area contributed by atoms with E-state index in [2.05, 4.69) is 58.5 Å². The van der Waals surface area contributed by atoms with Crippen molar-refractivity contribution in [1.29, 1.82) is 0 Å². The summed E-state index contributed by atoms with van der Waals surface area (Å²) in [5.74, 6) is 2.63. The Morgan fingerprint density at radius 1 is 1.54 bits per heavy atom. The van der Waals surface area contributed by atoms with Crippen LogP contribution in [0.15, 0.2) is 18.2 Å². The maximum absolute atomic E-state index is 5.25. The van der Waals surface area contributed by atoms with E-state index >= 15 is 0 Å². The number of aryl methyl sites for hydroxylation is 1. The first kappa shape index (κ1) is 10.4. The Morgan fingerprint density at radius 2 is 2.23 bits per heavy atom. The van der Waals surface area contributed by atoms with Crippen molar-refractivity contribution < 1.29 is 0 Å². The fourth-order valence-corrected chi connectivity index (χ4v) is 2.23. The number of halogens is 1. The molecule has 68 valence electrons. The lowest BCUT2D eigenvalue weighted by molar-refractivity contribution is 1.04. The van der Waals surface area contributed by atoms with Gasteiger partial charge in [0.15, 0.2) is 0 Å². The maximum atomic E-state index is 5.25. The predicted octanol–water partition coefficient (Wildman–Crippen LogP) is 2.67. The van der Waals surface area contributed by atoms with Gasteiger partial charge in [-0.05, 0) is 47.2 Å². The van der Waals surface area contributed by atoms with Crippen LogP contribution < -0.4 is 4.90 Å².